The second-order valence-electron chi connectivity index (χ2n) is 7.11. The van der Waals surface area contributed by atoms with Gasteiger partial charge in [0.15, 0.2) is 0 Å². The molecule has 1 N–H and O–H groups in total. The number of amides is 1. The Morgan fingerprint density at radius 1 is 1.41 bits per heavy atom. The third-order valence-corrected chi connectivity index (χ3v) is 6.20. The lowest BCUT2D eigenvalue weighted by atomic mass is 9.89. The third-order valence-electron chi connectivity index (χ3n) is 5.06. The predicted molar refractivity (Wildman–Crippen MR) is 105 cm³/mol. The number of thiophene rings is 1. The summed E-state index contributed by atoms with van der Waals surface area (Å²) in [4.78, 5) is 32.0. The van der Waals surface area contributed by atoms with Gasteiger partial charge in [-0.3, -0.25) is 14.2 Å². The first-order valence-electron chi connectivity index (χ1n) is 9.00. The normalized spacial score (nSPS) is 16.3. The van der Waals surface area contributed by atoms with E-state index in [1.54, 1.807) is 30.4 Å². The number of benzene rings is 1. The van der Waals surface area contributed by atoms with Crippen LogP contribution in [0.2, 0.25) is 0 Å². The minimum atomic E-state index is -0.510. The zero-order valence-electron chi connectivity index (χ0n) is 15.2. The molecule has 1 amide bonds. The van der Waals surface area contributed by atoms with Crippen molar-refractivity contribution in [3.8, 4) is 0 Å². The van der Waals surface area contributed by atoms with Crippen molar-refractivity contribution in [2.75, 3.05) is 5.32 Å². The number of nitrogens with zero attached hydrogens (tertiary/aromatic N) is 2. The SMILES string of the molecule is Cc1nc2sc3c(c2c(=O)n1CC(=O)Nc1ccccc1F)CCC(C)C3. The molecule has 1 aromatic carbocycles. The second-order valence-corrected chi connectivity index (χ2v) is 8.19. The molecule has 0 saturated carbocycles. The summed E-state index contributed by atoms with van der Waals surface area (Å²) in [5.41, 5.74) is 1.01. The number of para-hydroxylation sites is 1. The molecular formula is C20H20FN3O2S. The zero-order valence-corrected chi connectivity index (χ0v) is 16.0. The molecule has 0 aliphatic heterocycles. The maximum Gasteiger partial charge on any atom is 0.263 e. The molecule has 1 aliphatic carbocycles. The van der Waals surface area contributed by atoms with Crippen molar-refractivity contribution in [1.29, 1.82) is 0 Å². The molecule has 0 bridgehead atoms. The van der Waals surface area contributed by atoms with Crippen molar-refractivity contribution >= 4 is 33.1 Å². The predicted octanol–water partition coefficient (Wildman–Crippen LogP) is 3.67. The highest BCUT2D eigenvalue weighted by Crippen LogP contribution is 2.35. The molecule has 5 nitrogen and oxygen atoms in total. The zero-order chi connectivity index (χ0) is 19.1. The van der Waals surface area contributed by atoms with Gasteiger partial charge in [-0.2, -0.15) is 0 Å². The average molecular weight is 385 g/mol. The largest absolute Gasteiger partial charge is 0.322 e. The van der Waals surface area contributed by atoms with Gasteiger partial charge in [0.05, 0.1) is 11.1 Å². The average Bonchev–Trinajstić information content (AvgIpc) is 2.97. The summed E-state index contributed by atoms with van der Waals surface area (Å²) in [5, 5.41) is 3.17. The monoisotopic (exact) mass is 385 g/mol. The van der Waals surface area contributed by atoms with Gasteiger partial charge in [-0.25, -0.2) is 9.37 Å². The molecule has 3 aromatic rings. The fourth-order valence-electron chi connectivity index (χ4n) is 3.61. The molecule has 2 heterocycles. The topological polar surface area (TPSA) is 64.0 Å². The smallest absolute Gasteiger partial charge is 0.263 e. The first-order valence-corrected chi connectivity index (χ1v) is 9.81. The van der Waals surface area contributed by atoms with Crippen LogP contribution in [0.15, 0.2) is 29.1 Å². The lowest BCUT2D eigenvalue weighted by molar-refractivity contribution is -0.116. The molecule has 2 aromatic heterocycles. The van der Waals surface area contributed by atoms with Crippen LogP contribution in [0.4, 0.5) is 10.1 Å². The quantitative estimate of drug-likeness (QED) is 0.748. The molecule has 1 atom stereocenters. The van der Waals surface area contributed by atoms with E-state index < -0.39 is 11.7 Å². The van der Waals surface area contributed by atoms with Crippen molar-refractivity contribution < 1.29 is 9.18 Å². The summed E-state index contributed by atoms with van der Waals surface area (Å²) in [6.07, 6.45) is 2.90. The van der Waals surface area contributed by atoms with Crippen LogP contribution in [0.25, 0.3) is 10.2 Å². The van der Waals surface area contributed by atoms with E-state index in [2.05, 4.69) is 17.2 Å². The Morgan fingerprint density at radius 3 is 2.96 bits per heavy atom. The minimum Gasteiger partial charge on any atom is -0.322 e. The van der Waals surface area contributed by atoms with Crippen LogP contribution in [0.1, 0.15) is 29.6 Å². The highest BCUT2D eigenvalue weighted by atomic mass is 32.1. The van der Waals surface area contributed by atoms with Crippen LogP contribution in [-0.4, -0.2) is 15.5 Å². The van der Waals surface area contributed by atoms with Crippen molar-refractivity contribution in [1.82, 2.24) is 9.55 Å². The number of carbonyl (C=O) groups is 1. The Bertz CT molecular complexity index is 1100. The van der Waals surface area contributed by atoms with Gasteiger partial charge in [-0.1, -0.05) is 19.1 Å². The Hall–Kier alpha value is -2.54. The first-order chi connectivity index (χ1) is 12.9. The third kappa shape index (κ3) is 3.27. The second kappa shape index (κ2) is 6.88. The van der Waals surface area contributed by atoms with E-state index >= 15 is 0 Å². The Kier molecular flexibility index (Phi) is 4.55. The number of rotatable bonds is 3. The van der Waals surface area contributed by atoms with Crippen molar-refractivity contribution in [3.05, 3.63) is 56.7 Å². The van der Waals surface area contributed by atoms with Crippen LogP contribution in [0, 0.1) is 18.7 Å². The van der Waals surface area contributed by atoms with E-state index in [4.69, 9.17) is 0 Å². The summed E-state index contributed by atoms with van der Waals surface area (Å²) in [7, 11) is 0. The summed E-state index contributed by atoms with van der Waals surface area (Å²) in [5.74, 6) is 0.136. The molecule has 140 valence electrons. The number of nitrogens with one attached hydrogen (secondary N) is 1. The molecule has 4 rings (SSSR count). The maximum atomic E-state index is 13.7. The van der Waals surface area contributed by atoms with E-state index in [9.17, 15) is 14.0 Å². The van der Waals surface area contributed by atoms with Gasteiger partial charge in [-0.05, 0) is 49.8 Å². The van der Waals surface area contributed by atoms with Crippen molar-refractivity contribution in [3.63, 3.8) is 0 Å². The molecule has 0 radical (unpaired) electrons. The number of aromatic nitrogens is 2. The van der Waals surface area contributed by atoms with Gasteiger partial charge in [0.25, 0.3) is 5.56 Å². The standard InChI is InChI=1S/C20H20FN3O2S/c1-11-7-8-13-16(9-11)27-19-18(13)20(26)24(12(2)22-19)10-17(25)23-15-6-4-3-5-14(15)21/h3-6,11H,7-10H2,1-2H3,(H,23,25). The number of hydrogen-bond donors (Lipinski definition) is 1. The van der Waals surface area contributed by atoms with Gasteiger partial charge in [0, 0.05) is 4.88 Å². The van der Waals surface area contributed by atoms with E-state index in [0.29, 0.717) is 17.1 Å². The maximum absolute atomic E-state index is 13.7. The highest BCUT2D eigenvalue weighted by Gasteiger charge is 2.24. The molecule has 1 aliphatic rings. The van der Waals surface area contributed by atoms with E-state index in [1.807, 2.05) is 0 Å². The fraction of sp³-hybridized carbons (Fsp3) is 0.350. The molecular weight excluding hydrogens is 365 g/mol. The summed E-state index contributed by atoms with van der Waals surface area (Å²) in [6, 6.07) is 5.96. The van der Waals surface area contributed by atoms with E-state index in [1.165, 1.54) is 21.6 Å². The number of fused-ring (bicyclic) bond motifs is 3. The van der Waals surface area contributed by atoms with E-state index in [-0.39, 0.29) is 17.8 Å². The Balaban J connectivity index is 1.69. The summed E-state index contributed by atoms with van der Waals surface area (Å²) in [6.45, 7) is 3.75. The number of carbonyl (C=O) groups excluding carboxylic acids is 1. The lowest BCUT2D eigenvalue weighted by Crippen LogP contribution is -2.30. The van der Waals surface area contributed by atoms with Crippen LogP contribution in [0.5, 0.6) is 0 Å². The minimum absolute atomic E-state index is 0.101. The van der Waals surface area contributed by atoms with E-state index in [0.717, 1.165) is 29.7 Å². The molecule has 0 fully saturated rings. The van der Waals surface area contributed by atoms with Gasteiger partial charge < -0.3 is 5.32 Å². The van der Waals surface area contributed by atoms with Gasteiger partial charge in [0.2, 0.25) is 5.91 Å². The molecule has 1 unspecified atom stereocenters. The Labute approximate surface area is 159 Å². The van der Waals surface area contributed by atoms with Gasteiger partial charge in [-0.15, -0.1) is 11.3 Å². The van der Waals surface area contributed by atoms with Gasteiger partial charge in [0.1, 0.15) is 23.0 Å². The molecule has 7 heteroatoms. The first kappa shape index (κ1) is 17.9. The van der Waals surface area contributed by atoms with Crippen molar-refractivity contribution in [2.24, 2.45) is 5.92 Å². The van der Waals surface area contributed by atoms with Gasteiger partial charge >= 0.3 is 0 Å². The number of aryl methyl sites for hydroxylation is 2. The summed E-state index contributed by atoms with van der Waals surface area (Å²) >= 11 is 1.59. The summed E-state index contributed by atoms with van der Waals surface area (Å²) < 4.78 is 15.1. The van der Waals surface area contributed by atoms with Crippen molar-refractivity contribution in [2.45, 2.75) is 39.7 Å². The highest BCUT2D eigenvalue weighted by molar-refractivity contribution is 7.18. The van der Waals surface area contributed by atoms with Crippen LogP contribution >= 0.6 is 11.3 Å². The number of hydrogen-bond acceptors (Lipinski definition) is 4. The van der Waals surface area contributed by atoms with Crippen LogP contribution < -0.4 is 10.9 Å². The molecule has 0 saturated heterocycles. The fourth-order valence-corrected chi connectivity index (χ4v) is 5.03. The number of anilines is 1. The molecule has 27 heavy (non-hydrogen) atoms. The van der Waals surface area contributed by atoms with Crippen LogP contribution in [0.3, 0.4) is 0 Å². The lowest BCUT2D eigenvalue weighted by Gasteiger charge is -2.17. The van der Waals surface area contributed by atoms with Crippen LogP contribution in [-0.2, 0) is 24.2 Å². The molecule has 0 spiro atoms. The number of halogens is 1. The Morgan fingerprint density at radius 2 is 2.19 bits per heavy atom.